The summed E-state index contributed by atoms with van der Waals surface area (Å²) in [6, 6.07) is 4.40. The van der Waals surface area contributed by atoms with E-state index in [0.29, 0.717) is 0 Å². The molecule has 0 aliphatic carbocycles. The van der Waals surface area contributed by atoms with Gasteiger partial charge in [0, 0.05) is 17.3 Å². The number of aromatic nitrogens is 2. The van der Waals surface area contributed by atoms with Crippen LogP contribution >= 0.6 is 0 Å². The Morgan fingerprint density at radius 3 is 2.17 bits per heavy atom. The molecule has 94 valence electrons. The number of rotatable bonds is 1. The second-order valence-corrected chi connectivity index (χ2v) is 5.18. The summed E-state index contributed by atoms with van der Waals surface area (Å²) in [5.41, 5.74) is 8.61. The Morgan fingerprint density at radius 1 is 0.889 bits per heavy atom. The van der Waals surface area contributed by atoms with E-state index in [9.17, 15) is 0 Å². The molecule has 0 saturated carbocycles. The fourth-order valence-corrected chi connectivity index (χ4v) is 2.54. The van der Waals surface area contributed by atoms with Gasteiger partial charge in [0.15, 0.2) is 6.20 Å². The predicted molar refractivity (Wildman–Crippen MR) is 74.5 cm³/mol. The molecule has 2 heteroatoms. The molecule has 0 radical (unpaired) electrons. The van der Waals surface area contributed by atoms with E-state index >= 15 is 0 Å². The lowest BCUT2D eigenvalue weighted by Gasteiger charge is -2.10. The molecule has 0 aromatic carbocycles. The van der Waals surface area contributed by atoms with Crippen molar-refractivity contribution in [3.8, 4) is 11.3 Å². The highest BCUT2D eigenvalue weighted by atomic mass is 14.9. The van der Waals surface area contributed by atoms with Gasteiger partial charge in [-0.1, -0.05) is 0 Å². The summed E-state index contributed by atoms with van der Waals surface area (Å²) in [6.07, 6.45) is 2.18. The zero-order valence-corrected chi connectivity index (χ0v) is 12.1. The molecule has 0 amide bonds. The SMILES string of the molecule is Cc1cc(C)c(-c2cc(C)c(C)c[n+]2C)c(C)n1. The van der Waals surface area contributed by atoms with Gasteiger partial charge in [0.25, 0.3) is 0 Å². The minimum atomic E-state index is 1.08. The summed E-state index contributed by atoms with van der Waals surface area (Å²) in [5, 5.41) is 0. The second kappa shape index (κ2) is 4.52. The Kier molecular flexibility index (Phi) is 3.20. The molecule has 0 spiro atoms. The largest absolute Gasteiger partial charge is 0.258 e. The van der Waals surface area contributed by atoms with Crippen molar-refractivity contribution in [2.75, 3.05) is 0 Å². The van der Waals surface area contributed by atoms with Crippen LogP contribution in [0.1, 0.15) is 28.1 Å². The van der Waals surface area contributed by atoms with Crippen LogP contribution in [0.4, 0.5) is 0 Å². The Morgan fingerprint density at radius 2 is 1.56 bits per heavy atom. The zero-order valence-electron chi connectivity index (χ0n) is 12.1. The van der Waals surface area contributed by atoms with Crippen molar-refractivity contribution in [1.82, 2.24) is 4.98 Å². The summed E-state index contributed by atoms with van der Waals surface area (Å²) in [7, 11) is 2.10. The van der Waals surface area contributed by atoms with Gasteiger partial charge in [-0.25, -0.2) is 4.57 Å². The third-order valence-electron chi connectivity index (χ3n) is 3.52. The van der Waals surface area contributed by atoms with Gasteiger partial charge in [0.2, 0.25) is 5.69 Å². The van der Waals surface area contributed by atoms with Crippen molar-refractivity contribution >= 4 is 0 Å². The highest BCUT2D eigenvalue weighted by Gasteiger charge is 2.17. The number of hydrogen-bond acceptors (Lipinski definition) is 1. The van der Waals surface area contributed by atoms with Crippen LogP contribution in [0.15, 0.2) is 18.3 Å². The van der Waals surface area contributed by atoms with Gasteiger partial charge in [0.05, 0.1) is 11.3 Å². The van der Waals surface area contributed by atoms with Crippen LogP contribution in [-0.4, -0.2) is 4.98 Å². The van der Waals surface area contributed by atoms with Crippen molar-refractivity contribution in [1.29, 1.82) is 0 Å². The Labute approximate surface area is 109 Å². The maximum atomic E-state index is 4.59. The summed E-state index contributed by atoms with van der Waals surface area (Å²) in [6.45, 7) is 10.6. The molecule has 2 nitrogen and oxygen atoms in total. The van der Waals surface area contributed by atoms with Gasteiger partial charge >= 0.3 is 0 Å². The lowest BCUT2D eigenvalue weighted by Crippen LogP contribution is -2.32. The van der Waals surface area contributed by atoms with E-state index in [2.05, 4.69) is 62.6 Å². The summed E-state index contributed by atoms with van der Waals surface area (Å²) >= 11 is 0. The van der Waals surface area contributed by atoms with Gasteiger partial charge in [0.1, 0.15) is 7.05 Å². The van der Waals surface area contributed by atoms with E-state index in [1.165, 1.54) is 27.9 Å². The van der Waals surface area contributed by atoms with Gasteiger partial charge in [-0.15, -0.1) is 0 Å². The number of aryl methyl sites for hydroxylation is 6. The lowest BCUT2D eigenvalue weighted by atomic mass is 10.0. The van der Waals surface area contributed by atoms with E-state index in [4.69, 9.17) is 0 Å². The van der Waals surface area contributed by atoms with E-state index in [1.807, 2.05) is 6.92 Å². The first kappa shape index (κ1) is 12.7. The highest BCUT2D eigenvalue weighted by molar-refractivity contribution is 5.64. The van der Waals surface area contributed by atoms with E-state index in [1.54, 1.807) is 0 Å². The normalized spacial score (nSPS) is 10.8. The zero-order chi connectivity index (χ0) is 13.4. The first-order valence-electron chi connectivity index (χ1n) is 6.32. The van der Waals surface area contributed by atoms with Crippen LogP contribution < -0.4 is 4.57 Å². The van der Waals surface area contributed by atoms with E-state index in [-0.39, 0.29) is 0 Å². The van der Waals surface area contributed by atoms with E-state index in [0.717, 1.165) is 11.4 Å². The highest BCUT2D eigenvalue weighted by Crippen LogP contribution is 2.25. The average Bonchev–Trinajstić information content (AvgIpc) is 2.24. The maximum Gasteiger partial charge on any atom is 0.214 e. The molecule has 0 atom stereocenters. The standard InChI is InChI=1S/C16H21N2/c1-10-8-15(18(6)9-12(10)3)16-11(2)7-13(4)17-14(16)5/h7-9H,1-6H3/q+1. The number of nitrogens with zero attached hydrogens (tertiary/aromatic N) is 2. The van der Waals surface area contributed by atoms with Gasteiger partial charge < -0.3 is 0 Å². The van der Waals surface area contributed by atoms with Crippen LogP contribution in [0.5, 0.6) is 0 Å². The fraction of sp³-hybridized carbons (Fsp3) is 0.375. The molecule has 0 saturated heterocycles. The lowest BCUT2D eigenvalue weighted by molar-refractivity contribution is -0.660. The van der Waals surface area contributed by atoms with Crippen LogP contribution in [0.2, 0.25) is 0 Å². The molecule has 0 aliphatic rings. The first-order valence-corrected chi connectivity index (χ1v) is 6.32. The fourth-order valence-electron chi connectivity index (χ4n) is 2.54. The van der Waals surface area contributed by atoms with Gasteiger partial charge in [-0.3, -0.25) is 4.98 Å². The summed E-state index contributed by atoms with van der Waals surface area (Å²) < 4.78 is 2.19. The third-order valence-corrected chi connectivity index (χ3v) is 3.52. The van der Waals surface area contributed by atoms with Crippen molar-refractivity contribution in [3.63, 3.8) is 0 Å². The molecular weight excluding hydrogens is 220 g/mol. The molecule has 0 bridgehead atoms. The first-order chi connectivity index (χ1) is 8.40. The predicted octanol–water partition coefficient (Wildman–Crippen LogP) is 3.12. The van der Waals surface area contributed by atoms with Gasteiger partial charge in [-0.05, 0) is 51.8 Å². The molecule has 2 aromatic rings. The average molecular weight is 241 g/mol. The quantitative estimate of drug-likeness (QED) is 0.701. The molecule has 2 rings (SSSR count). The molecule has 0 aliphatic heterocycles. The molecule has 2 heterocycles. The van der Waals surface area contributed by atoms with Crippen LogP contribution in [-0.2, 0) is 7.05 Å². The molecular formula is C16H21N2+. The molecule has 2 aromatic heterocycles. The van der Waals surface area contributed by atoms with Crippen LogP contribution in [0.25, 0.3) is 11.3 Å². The van der Waals surface area contributed by atoms with Crippen molar-refractivity contribution < 1.29 is 4.57 Å². The third kappa shape index (κ3) is 2.15. The molecule has 0 fully saturated rings. The van der Waals surface area contributed by atoms with Crippen LogP contribution in [0, 0.1) is 34.6 Å². The second-order valence-electron chi connectivity index (χ2n) is 5.18. The minimum Gasteiger partial charge on any atom is -0.258 e. The van der Waals surface area contributed by atoms with Crippen LogP contribution in [0.3, 0.4) is 0 Å². The Balaban J connectivity index is 2.73. The summed E-state index contributed by atoms with van der Waals surface area (Å²) in [4.78, 5) is 4.59. The smallest absolute Gasteiger partial charge is 0.214 e. The molecule has 0 N–H and O–H groups in total. The van der Waals surface area contributed by atoms with Crippen molar-refractivity contribution in [2.24, 2.45) is 7.05 Å². The number of pyridine rings is 2. The topological polar surface area (TPSA) is 16.8 Å². The maximum absolute atomic E-state index is 4.59. The van der Waals surface area contributed by atoms with E-state index < -0.39 is 0 Å². The Hall–Kier alpha value is -1.70. The molecule has 18 heavy (non-hydrogen) atoms. The summed E-state index contributed by atoms with van der Waals surface area (Å²) in [5.74, 6) is 0. The van der Waals surface area contributed by atoms with Gasteiger partial charge in [-0.2, -0.15) is 0 Å². The number of hydrogen-bond donors (Lipinski definition) is 0. The monoisotopic (exact) mass is 241 g/mol. The Bertz CT molecular complexity index is 590. The van der Waals surface area contributed by atoms with Crippen molar-refractivity contribution in [2.45, 2.75) is 34.6 Å². The minimum absolute atomic E-state index is 1.08. The van der Waals surface area contributed by atoms with Crippen molar-refractivity contribution in [3.05, 3.63) is 46.4 Å². The molecule has 0 unspecified atom stereocenters.